The van der Waals surface area contributed by atoms with Crippen molar-refractivity contribution in [2.45, 2.75) is 13.8 Å². The van der Waals surface area contributed by atoms with Crippen LogP contribution in [0, 0.1) is 17.0 Å². The average Bonchev–Trinajstić information content (AvgIpc) is 2.85. The molecule has 0 spiro atoms. The van der Waals surface area contributed by atoms with Crippen molar-refractivity contribution in [3.63, 3.8) is 0 Å². The molecule has 0 fully saturated rings. The van der Waals surface area contributed by atoms with Crippen molar-refractivity contribution in [1.82, 2.24) is 5.43 Å². The summed E-state index contributed by atoms with van der Waals surface area (Å²) in [5, 5.41) is 17.7. The summed E-state index contributed by atoms with van der Waals surface area (Å²) in [7, 11) is 0. The van der Waals surface area contributed by atoms with E-state index in [1.54, 1.807) is 19.1 Å². The number of anilines is 1. The van der Waals surface area contributed by atoms with Crippen LogP contribution < -0.4 is 20.2 Å². The topological polar surface area (TPSA) is 132 Å². The van der Waals surface area contributed by atoms with E-state index in [4.69, 9.17) is 9.47 Å². The summed E-state index contributed by atoms with van der Waals surface area (Å²) in [4.78, 5) is 34.7. The van der Waals surface area contributed by atoms with Gasteiger partial charge in [0, 0.05) is 17.8 Å². The number of benzene rings is 3. The van der Waals surface area contributed by atoms with E-state index in [1.807, 2.05) is 31.2 Å². The van der Waals surface area contributed by atoms with E-state index < -0.39 is 10.9 Å². The number of hydrazone groups is 1. The smallest absolute Gasteiger partial charge is 0.343 e. The number of aryl methyl sites for hydroxylation is 1. The maximum atomic E-state index is 12.4. The van der Waals surface area contributed by atoms with Crippen molar-refractivity contribution in [2.24, 2.45) is 5.10 Å². The van der Waals surface area contributed by atoms with Crippen LogP contribution in [0.3, 0.4) is 0 Å². The minimum absolute atomic E-state index is 0.0577. The van der Waals surface area contributed by atoms with Gasteiger partial charge in [-0.05, 0) is 61.9 Å². The van der Waals surface area contributed by atoms with Crippen molar-refractivity contribution in [3.05, 3.63) is 93.5 Å². The molecule has 3 aromatic carbocycles. The summed E-state index contributed by atoms with van der Waals surface area (Å²) in [6, 6.07) is 17.5. The molecule has 180 valence electrons. The van der Waals surface area contributed by atoms with Gasteiger partial charge in [-0.1, -0.05) is 17.7 Å². The molecule has 2 N–H and O–H groups in total. The second kappa shape index (κ2) is 11.9. The van der Waals surface area contributed by atoms with E-state index >= 15 is 0 Å². The molecule has 10 heteroatoms. The summed E-state index contributed by atoms with van der Waals surface area (Å²) < 4.78 is 11.0. The van der Waals surface area contributed by atoms with Crippen LogP contribution in [0.1, 0.15) is 28.4 Å². The number of amides is 1. The number of nitrogens with one attached hydrogen (secondary N) is 2. The monoisotopic (exact) mass is 476 g/mol. The van der Waals surface area contributed by atoms with Crippen LogP contribution in [0.5, 0.6) is 11.5 Å². The van der Waals surface area contributed by atoms with Crippen LogP contribution in [-0.4, -0.2) is 36.2 Å². The number of rotatable bonds is 10. The predicted molar refractivity (Wildman–Crippen MR) is 131 cm³/mol. The summed E-state index contributed by atoms with van der Waals surface area (Å²) in [5.74, 6) is -0.520. The number of non-ortho nitro benzene ring substituents is 1. The third-order valence-electron chi connectivity index (χ3n) is 4.69. The number of nitro groups is 1. The van der Waals surface area contributed by atoms with Crippen LogP contribution in [0.4, 0.5) is 11.4 Å². The van der Waals surface area contributed by atoms with E-state index in [0.29, 0.717) is 17.9 Å². The Kier molecular flexibility index (Phi) is 8.49. The maximum absolute atomic E-state index is 12.4. The Bertz CT molecular complexity index is 1220. The van der Waals surface area contributed by atoms with E-state index in [2.05, 4.69) is 15.8 Å². The quantitative estimate of drug-likeness (QED) is 0.148. The fourth-order valence-corrected chi connectivity index (χ4v) is 2.91. The lowest BCUT2D eigenvalue weighted by molar-refractivity contribution is -0.384. The third-order valence-corrected chi connectivity index (χ3v) is 4.69. The van der Waals surface area contributed by atoms with Gasteiger partial charge in [0.05, 0.1) is 29.9 Å². The van der Waals surface area contributed by atoms with E-state index in [9.17, 15) is 19.7 Å². The lowest BCUT2D eigenvalue weighted by Crippen LogP contribution is -2.25. The number of nitro benzene ring substituents is 1. The summed E-state index contributed by atoms with van der Waals surface area (Å²) in [5.41, 5.74) is 5.03. The molecule has 0 aliphatic heterocycles. The zero-order chi connectivity index (χ0) is 25.2. The van der Waals surface area contributed by atoms with E-state index in [-0.39, 0.29) is 29.5 Å². The molecule has 3 rings (SSSR count). The van der Waals surface area contributed by atoms with Crippen molar-refractivity contribution in [3.8, 4) is 11.5 Å². The fraction of sp³-hybridized carbons (Fsp3) is 0.160. The first-order valence-electron chi connectivity index (χ1n) is 10.7. The second-order valence-electron chi connectivity index (χ2n) is 7.35. The van der Waals surface area contributed by atoms with Crippen molar-refractivity contribution in [1.29, 1.82) is 0 Å². The van der Waals surface area contributed by atoms with E-state index in [0.717, 1.165) is 11.3 Å². The second-order valence-corrected chi connectivity index (χ2v) is 7.35. The van der Waals surface area contributed by atoms with E-state index in [1.165, 1.54) is 36.5 Å². The number of hydrogen-bond acceptors (Lipinski definition) is 8. The molecule has 0 saturated carbocycles. The Hall–Kier alpha value is -4.73. The molecule has 0 heterocycles. The molecule has 3 aromatic rings. The van der Waals surface area contributed by atoms with Crippen molar-refractivity contribution < 1.29 is 24.0 Å². The maximum Gasteiger partial charge on any atom is 0.343 e. The van der Waals surface area contributed by atoms with Gasteiger partial charge in [0.1, 0.15) is 0 Å². The van der Waals surface area contributed by atoms with Crippen LogP contribution in [-0.2, 0) is 4.79 Å². The average molecular weight is 476 g/mol. The highest BCUT2D eigenvalue weighted by Crippen LogP contribution is 2.29. The molecule has 0 saturated heterocycles. The molecule has 10 nitrogen and oxygen atoms in total. The van der Waals surface area contributed by atoms with Crippen LogP contribution in [0.2, 0.25) is 0 Å². The Morgan fingerprint density at radius 1 is 1.03 bits per heavy atom. The van der Waals surface area contributed by atoms with Crippen molar-refractivity contribution in [2.75, 3.05) is 18.5 Å². The van der Waals surface area contributed by atoms with Crippen LogP contribution in [0.15, 0.2) is 71.8 Å². The predicted octanol–water partition coefficient (Wildman–Crippen LogP) is 4.08. The van der Waals surface area contributed by atoms with Gasteiger partial charge in [0.15, 0.2) is 11.5 Å². The molecule has 0 bridgehead atoms. The van der Waals surface area contributed by atoms with Gasteiger partial charge in [0.25, 0.3) is 11.6 Å². The number of carbonyl (C=O) groups excluding carboxylic acids is 2. The van der Waals surface area contributed by atoms with Crippen LogP contribution in [0.25, 0.3) is 0 Å². The molecular weight excluding hydrogens is 452 g/mol. The molecule has 35 heavy (non-hydrogen) atoms. The third kappa shape index (κ3) is 7.39. The summed E-state index contributed by atoms with van der Waals surface area (Å²) >= 11 is 0. The number of ether oxygens (including phenoxy) is 2. The summed E-state index contributed by atoms with van der Waals surface area (Å²) in [6.45, 7) is 4.15. The molecule has 0 atom stereocenters. The standard InChI is InChI=1S/C25H24N4O6/c1-3-34-23-14-18(15-27-28-24(30)16-26-20-9-4-17(2)5-10-20)6-13-22(23)35-25(31)19-7-11-21(12-8-19)29(32)33/h4-15,26H,3,16H2,1-2H3,(H,28,30). The Morgan fingerprint density at radius 2 is 1.74 bits per heavy atom. The minimum Gasteiger partial charge on any atom is -0.490 e. The van der Waals surface area contributed by atoms with Gasteiger partial charge in [-0.15, -0.1) is 0 Å². The lowest BCUT2D eigenvalue weighted by Gasteiger charge is -2.11. The molecule has 0 unspecified atom stereocenters. The molecule has 1 amide bonds. The van der Waals surface area contributed by atoms with Gasteiger partial charge >= 0.3 is 5.97 Å². The molecule has 0 aromatic heterocycles. The summed E-state index contributed by atoms with van der Waals surface area (Å²) in [6.07, 6.45) is 1.44. The lowest BCUT2D eigenvalue weighted by atomic mass is 10.2. The van der Waals surface area contributed by atoms with Gasteiger partial charge < -0.3 is 14.8 Å². The van der Waals surface area contributed by atoms with Gasteiger partial charge in [-0.25, -0.2) is 10.2 Å². The minimum atomic E-state index is -0.685. The first kappa shape index (κ1) is 24.9. The molecule has 0 aliphatic rings. The number of hydrogen-bond donors (Lipinski definition) is 2. The van der Waals surface area contributed by atoms with Gasteiger partial charge in [0.2, 0.25) is 0 Å². The molecule has 0 aliphatic carbocycles. The van der Waals surface area contributed by atoms with Gasteiger partial charge in [-0.2, -0.15) is 5.10 Å². The largest absolute Gasteiger partial charge is 0.490 e. The molecular formula is C25H24N4O6. The first-order chi connectivity index (χ1) is 16.9. The van der Waals surface area contributed by atoms with Gasteiger partial charge in [-0.3, -0.25) is 14.9 Å². The number of carbonyl (C=O) groups is 2. The number of nitrogens with zero attached hydrogens (tertiary/aromatic N) is 2. The fourth-order valence-electron chi connectivity index (χ4n) is 2.91. The Labute approximate surface area is 201 Å². The Balaban J connectivity index is 1.59. The molecule has 0 radical (unpaired) electrons. The number of esters is 1. The zero-order valence-electron chi connectivity index (χ0n) is 19.2. The normalized spacial score (nSPS) is 10.6. The highest BCUT2D eigenvalue weighted by Gasteiger charge is 2.15. The van der Waals surface area contributed by atoms with Crippen molar-refractivity contribution >= 4 is 29.5 Å². The highest BCUT2D eigenvalue weighted by atomic mass is 16.6. The Morgan fingerprint density at radius 3 is 2.40 bits per heavy atom. The zero-order valence-corrected chi connectivity index (χ0v) is 19.2. The highest BCUT2D eigenvalue weighted by molar-refractivity contribution is 5.92. The SMILES string of the molecule is CCOc1cc(C=NNC(=O)CNc2ccc(C)cc2)ccc1OC(=O)c1ccc([N+](=O)[O-])cc1. The van der Waals surface area contributed by atoms with Crippen LogP contribution >= 0.6 is 0 Å². The first-order valence-corrected chi connectivity index (χ1v) is 10.7.